The molecule has 2 aromatic heterocycles. The van der Waals surface area contributed by atoms with E-state index in [4.69, 9.17) is 14.7 Å². The van der Waals surface area contributed by atoms with E-state index >= 15 is 0 Å². The molecule has 1 aliphatic rings. The molecule has 2 heterocycles. The van der Waals surface area contributed by atoms with Crippen LogP contribution in [0.1, 0.15) is 37.1 Å². The van der Waals surface area contributed by atoms with Crippen molar-refractivity contribution >= 4 is 11.0 Å². The molecule has 0 radical (unpaired) electrons. The van der Waals surface area contributed by atoms with E-state index in [9.17, 15) is 0 Å². The van der Waals surface area contributed by atoms with Crippen LogP contribution < -0.4 is 5.73 Å². The number of furan rings is 1. The summed E-state index contributed by atoms with van der Waals surface area (Å²) in [6.45, 7) is 2.05. The number of nitrogens with zero attached hydrogens (tertiary/aromatic N) is 2. The van der Waals surface area contributed by atoms with E-state index in [1.807, 2.05) is 18.2 Å². The predicted molar refractivity (Wildman–Crippen MR) is 78.6 cm³/mol. The molecule has 5 heteroatoms. The molecule has 0 spiro atoms. The van der Waals surface area contributed by atoms with Gasteiger partial charge in [-0.05, 0) is 38.0 Å². The second-order valence-electron chi connectivity index (χ2n) is 5.94. The number of hydrogen-bond acceptors (Lipinski definition) is 5. The predicted octanol–water partition coefficient (Wildman–Crippen LogP) is 3.52. The zero-order valence-corrected chi connectivity index (χ0v) is 11.9. The van der Waals surface area contributed by atoms with Crippen LogP contribution in [-0.2, 0) is 5.54 Å². The van der Waals surface area contributed by atoms with Gasteiger partial charge in [0.15, 0.2) is 11.6 Å². The van der Waals surface area contributed by atoms with Crippen molar-refractivity contribution in [3.8, 4) is 11.7 Å². The molecule has 1 aliphatic carbocycles. The first-order valence-corrected chi connectivity index (χ1v) is 7.28. The zero-order chi connectivity index (χ0) is 14.4. The Morgan fingerprint density at radius 1 is 1.19 bits per heavy atom. The Morgan fingerprint density at radius 3 is 2.81 bits per heavy atom. The van der Waals surface area contributed by atoms with Gasteiger partial charge in [0, 0.05) is 5.39 Å². The Bertz CT molecular complexity index is 797. The van der Waals surface area contributed by atoms with Crippen molar-refractivity contribution in [1.82, 2.24) is 10.1 Å². The number of rotatable bonds is 2. The van der Waals surface area contributed by atoms with E-state index in [-0.39, 0.29) is 0 Å². The fourth-order valence-electron chi connectivity index (χ4n) is 3.02. The standard InChI is InChI=1S/C16H17N3O2/c1-10-4-5-12-11(8-10)9-13(20-12)14-18-15(19-21-14)16(17)6-2-3-7-16/h4-5,8-9H,2-3,6-7,17H2,1H3. The number of aromatic nitrogens is 2. The molecule has 21 heavy (non-hydrogen) atoms. The van der Waals surface area contributed by atoms with Crippen LogP contribution in [0.15, 0.2) is 33.2 Å². The number of hydrogen-bond donors (Lipinski definition) is 1. The fourth-order valence-corrected chi connectivity index (χ4v) is 3.02. The molecule has 0 saturated heterocycles. The maximum absolute atomic E-state index is 6.35. The molecule has 2 N–H and O–H groups in total. The largest absolute Gasteiger partial charge is 0.451 e. The van der Waals surface area contributed by atoms with E-state index in [1.54, 1.807) is 0 Å². The van der Waals surface area contributed by atoms with E-state index in [0.29, 0.717) is 17.5 Å². The van der Waals surface area contributed by atoms with E-state index in [0.717, 1.165) is 36.7 Å². The Hall–Kier alpha value is -2.14. The van der Waals surface area contributed by atoms with Gasteiger partial charge in [-0.1, -0.05) is 29.6 Å². The molecule has 1 saturated carbocycles. The number of aryl methyl sites for hydroxylation is 1. The van der Waals surface area contributed by atoms with Crippen LogP contribution in [0.3, 0.4) is 0 Å². The van der Waals surface area contributed by atoms with Crippen LogP contribution >= 0.6 is 0 Å². The third-order valence-corrected chi connectivity index (χ3v) is 4.25. The lowest BCUT2D eigenvalue weighted by molar-refractivity contribution is 0.369. The van der Waals surface area contributed by atoms with Gasteiger partial charge in [0.2, 0.25) is 0 Å². The molecule has 5 nitrogen and oxygen atoms in total. The van der Waals surface area contributed by atoms with Crippen molar-refractivity contribution in [3.05, 3.63) is 35.7 Å². The van der Waals surface area contributed by atoms with Crippen molar-refractivity contribution < 1.29 is 8.94 Å². The van der Waals surface area contributed by atoms with Gasteiger partial charge in [-0.25, -0.2) is 0 Å². The Balaban J connectivity index is 1.73. The summed E-state index contributed by atoms with van der Waals surface area (Å²) in [5.41, 5.74) is 7.92. The van der Waals surface area contributed by atoms with Gasteiger partial charge in [0.05, 0.1) is 5.54 Å². The minimum Gasteiger partial charge on any atom is -0.451 e. The summed E-state index contributed by atoms with van der Waals surface area (Å²) in [7, 11) is 0. The average Bonchev–Trinajstić information content (AvgIpc) is 3.15. The van der Waals surface area contributed by atoms with Crippen LogP contribution in [0.2, 0.25) is 0 Å². The second-order valence-corrected chi connectivity index (χ2v) is 5.94. The summed E-state index contributed by atoms with van der Waals surface area (Å²) >= 11 is 0. The van der Waals surface area contributed by atoms with Gasteiger partial charge >= 0.3 is 0 Å². The van der Waals surface area contributed by atoms with Crippen molar-refractivity contribution in [1.29, 1.82) is 0 Å². The number of benzene rings is 1. The van der Waals surface area contributed by atoms with Gasteiger partial charge in [-0.15, -0.1) is 0 Å². The Labute approximate surface area is 122 Å². The first kappa shape index (κ1) is 12.6. The smallest absolute Gasteiger partial charge is 0.293 e. The van der Waals surface area contributed by atoms with Gasteiger partial charge in [-0.2, -0.15) is 4.98 Å². The van der Waals surface area contributed by atoms with Crippen LogP contribution in [0.25, 0.3) is 22.6 Å². The third kappa shape index (κ3) is 2.05. The first-order chi connectivity index (χ1) is 10.1. The van der Waals surface area contributed by atoms with Crippen molar-refractivity contribution in [2.75, 3.05) is 0 Å². The van der Waals surface area contributed by atoms with Crippen LogP contribution in [0.4, 0.5) is 0 Å². The van der Waals surface area contributed by atoms with Crippen LogP contribution in [-0.4, -0.2) is 10.1 Å². The van der Waals surface area contributed by atoms with E-state index in [1.165, 1.54) is 5.56 Å². The maximum Gasteiger partial charge on any atom is 0.293 e. The average molecular weight is 283 g/mol. The lowest BCUT2D eigenvalue weighted by Crippen LogP contribution is -2.34. The fraction of sp³-hybridized carbons (Fsp3) is 0.375. The lowest BCUT2D eigenvalue weighted by Gasteiger charge is -2.17. The van der Waals surface area contributed by atoms with E-state index in [2.05, 4.69) is 23.1 Å². The highest BCUT2D eigenvalue weighted by Gasteiger charge is 2.36. The number of fused-ring (bicyclic) bond motifs is 1. The summed E-state index contributed by atoms with van der Waals surface area (Å²) < 4.78 is 11.1. The molecule has 0 aliphatic heterocycles. The zero-order valence-electron chi connectivity index (χ0n) is 11.9. The summed E-state index contributed by atoms with van der Waals surface area (Å²) in [5.74, 6) is 1.58. The normalized spacial score (nSPS) is 17.6. The second kappa shape index (κ2) is 4.43. The molecule has 0 bridgehead atoms. The first-order valence-electron chi connectivity index (χ1n) is 7.28. The summed E-state index contributed by atoms with van der Waals surface area (Å²) in [6.07, 6.45) is 4.05. The van der Waals surface area contributed by atoms with Gasteiger partial charge in [0.1, 0.15) is 5.58 Å². The Kier molecular flexibility index (Phi) is 2.65. The maximum atomic E-state index is 6.35. The minimum absolute atomic E-state index is 0.399. The van der Waals surface area contributed by atoms with Crippen LogP contribution in [0, 0.1) is 6.92 Å². The third-order valence-electron chi connectivity index (χ3n) is 4.25. The molecule has 1 fully saturated rings. The lowest BCUT2D eigenvalue weighted by atomic mass is 9.99. The topological polar surface area (TPSA) is 78.1 Å². The van der Waals surface area contributed by atoms with Crippen molar-refractivity contribution in [2.24, 2.45) is 5.73 Å². The summed E-state index contributed by atoms with van der Waals surface area (Å²) in [5, 5.41) is 5.10. The highest BCUT2D eigenvalue weighted by atomic mass is 16.5. The van der Waals surface area contributed by atoms with Crippen molar-refractivity contribution in [2.45, 2.75) is 38.1 Å². The summed E-state index contributed by atoms with van der Waals surface area (Å²) in [4.78, 5) is 4.46. The molecule has 0 unspecified atom stereocenters. The quantitative estimate of drug-likeness (QED) is 0.778. The molecule has 108 valence electrons. The SMILES string of the molecule is Cc1ccc2oc(-c3nc(C4(N)CCCC4)no3)cc2c1. The molecule has 1 aromatic carbocycles. The van der Waals surface area contributed by atoms with E-state index < -0.39 is 5.54 Å². The molecule has 0 amide bonds. The van der Waals surface area contributed by atoms with Crippen molar-refractivity contribution in [3.63, 3.8) is 0 Å². The molecule has 3 aromatic rings. The van der Waals surface area contributed by atoms with Gasteiger partial charge in [-0.3, -0.25) is 0 Å². The number of nitrogens with two attached hydrogens (primary N) is 1. The Morgan fingerprint density at radius 2 is 2.00 bits per heavy atom. The monoisotopic (exact) mass is 283 g/mol. The highest BCUT2D eigenvalue weighted by molar-refractivity contribution is 5.82. The minimum atomic E-state index is -0.440. The molecule has 0 atom stereocenters. The molecular formula is C16H17N3O2. The molecular weight excluding hydrogens is 266 g/mol. The highest BCUT2D eigenvalue weighted by Crippen LogP contribution is 2.36. The van der Waals surface area contributed by atoms with Crippen LogP contribution in [0.5, 0.6) is 0 Å². The van der Waals surface area contributed by atoms with Gasteiger partial charge < -0.3 is 14.7 Å². The molecule has 4 rings (SSSR count). The van der Waals surface area contributed by atoms with Gasteiger partial charge in [0.25, 0.3) is 5.89 Å². The summed E-state index contributed by atoms with van der Waals surface area (Å²) in [6, 6.07) is 7.97.